The number of benzene rings is 2. The zero-order chi connectivity index (χ0) is 19.4. The zero-order valence-electron chi connectivity index (χ0n) is 15.1. The van der Waals surface area contributed by atoms with E-state index in [1.807, 2.05) is 36.4 Å². The summed E-state index contributed by atoms with van der Waals surface area (Å²) in [6.07, 6.45) is 1.49. The van der Waals surface area contributed by atoms with Gasteiger partial charge in [0.1, 0.15) is 5.58 Å². The molecule has 140 valence electrons. The summed E-state index contributed by atoms with van der Waals surface area (Å²) in [5, 5.41) is 7.48. The van der Waals surface area contributed by atoms with E-state index >= 15 is 0 Å². The van der Waals surface area contributed by atoms with Crippen LogP contribution in [0.4, 0.5) is 4.79 Å². The van der Waals surface area contributed by atoms with Crippen LogP contribution in [-0.4, -0.2) is 30.6 Å². The van der Waals surface area contributed by atoms with Gasteiger partial charge in [0.2, 0.25) is 0 Å². The van der Waals surface area contributed by atoms with Crippen molar-refractivity contribution in [1.82, 2.24) is 10.6 Å². The number of carbonyl (C=O) groups is 3. The Balaban J connectivity index is 1.64. The Bertz CT molecular complexity index is 1010. The first kappa shape index (κ1) is 18.4. The van der Waals surface area contributed by atoms with Crippen LogP contribution in [-0.2, 0) is 20.7 Å². The Morgan fingerprint density at radius 3 is 2.67 bits per heavy atom. The maximum atomic E-state index is 12.1. The molecule has 0 aliphatic rings. The first-order valence-electron chi connectivity index (χ1n) is 8.58. The van der Waals surface area contributed by atoms with Gasteiger partial charge in [0.05, 0.1) is 12.7 Å². The van der Waals surface area contributed by atoms with Crippen LogP contribution in [0.15, 0.2) is 47.1 Å². The number of imide groups is 1. The summed E-state index contributed by atoms with van der Waals surface area (Å²) in [7, 11) is 0. The number of esters is 1. The molecule has 2 aromatic carbocycles. The van der Waals surface area contributed by atoms with Crippen LogP contribution in [0, 0.1) is 0 Å². The monoisotopic (exact) mass is 368 g/mol. The molecule has 0 fully saturated rings. The van der Waals surface area contributed by atoms with E-state index in [1.54, 1.807) is 13.8 Å². The van der Waals surface area contributed by atoms with E-state index in [4.69, 9.17) is 9.15 Å². The van der Waals surface area contributed by atoms with Gasteiger partial charge in [-0.15, -0.1) is 0 Å². The first-order chi connectivity index (χ1) is 12.9. The Hall–Kier alpha value is -3.35. The second kappa shape index (κ2) is 7.90. The molecule has 3 amide bonds. The number of ether oxygens (including phenoxy) is 1. The lowest BCUT2D eigenvalue weighted by atomic mass is 10.0. The number of nitrogens with one attached hydrogen (secondary N) is 2. The van der Waals surface area contributed by atoms with Gasteiger partial charge in [-0.2, -0.15) is 0 Å². The fourth-order valence-electron chi connectivity index (χ4n) is 2.82. The highest BCUT2D eigenvalue weighted by Gasteiger charge is 2.16. The van der Waals surface area contributed by atoms with Crippen molar-refractivity contribution in [2.45, 2.75) is 26.3 Å². The van der Waals surface area contributed by atoms with E-state index in [1.165, 1.54) is 6.26 Å². The van der Waals surface area contributed by atoms with E-state index in [2.05, 4.69) is 10.6 Å². The summed E-state index contributed by atoms with van der Waals surface area (Å²) >= 11 is 0. The number of furan rings is 1. The Morgan fingerprint density at radius 2 is 1.89 bits per heavy atom. The summed E-state index contributed by atoms with van der Waals surface area (Å²) in [4.78, 5) is 35.2. The van der Waals surface area contributed by atoms with Crippen molar-refractivity contribution >= 4 is 39.6 Å². The normalized spacial score (nSPS) is 10.9. The number of hydrogen-bond acceptors (Lipinski definition) is 5. The molecule has 0 atom stereocenters. The van der Waals surface area contributed by atoms with Crippen molar-refractivity contribution in [2.75, 3.05) is 6.61 Å². The molecular weight excluding hydrogens is 348 g/mol. The smallest absolute Gasteiger partial charge is 0.321 e. The van der Waals surface area contributed by atoms with Crippen molar-refractivity contribution in [3.8, 4) is 0 Å². The minimum Gasteiger partial charge on any atom is -0.464 e. The summed E-state index contributed by atoms with van der Waals surface area (Å²) in [5.41, 5.74) is 1.37. The number of hydrogen-bond donors (Lipinski definition) is 2. The molecule has 0 unspecified atom stereocenters. The van der Waals surface area contributed by atoms with Crippen LogP contribution in [0.2, 0.25) is 0 Å². The number of amides is 3. The molecule has 1 aromatic heterocycles. The van der Waals surface area contributed by atoms with Gasteiger partial charge in [-0.05, 0) is 30.7 Å². The third-order valence-corrected chi connectivity index (χ3v) is 3.91. The fourth-order valence-corrected chi connectivity index (χ4v) is 2.82. The van der Waals surface area contributed by atoms with E-state index < -0.39 is 24.5 Å². The lowest BCUT2D eigenvalue weighted by molar-refractivity contribution is -0.147. The maximum absolute atomic E-state index is 12.1. The van der Waals surface area contributed by atoms with Crippen LogP contribution < -0.4 is 10.6 Å². The first-order valence-corrected chi connectivity index (χ1v) is 8.58. The third kappa shape index (κ3) is 4.44. The molecule has 2 N–H and O–H groups in total. The van der Waals surface area contributed by atoms with Gasteiger partial charge < -0.3 is 14.5 Å². The van der Waals surface area contributed by atoms with Crippen LogP contribution in [0.1, 0.15) is 19.4 Å². The van der Waals surface area contributed by atoms with Crippen LogP contribution in [0.25, 0.3) is 21.7 Å². The molecule has 3 rings (SSSR count). The van der Waals surface area contributed by atoms with Crippen LogP contribution in [0.3, 0.4) is 0 Å². The van der Waals surface area contributed by atoms with Gasteiger partial charge >= 0.3 is 12.0 Å². The second-order valence-corrected chi connectivity index (χ2v) is 6.43. The number of fused-ring (bicyclic) bond motifs is 3. The van der Waals surface area contributed by atoms with Crippen molar-refractivity contribution in [3.05, 3.63) is 48.2 Å². The standard InChI is InChI=1S/C20H20N2O5/c1-12(2)21-20(25)22-17(23)11-27-18(24)9-14-10-26-16-8-7-13-5-3-4-6-15(13)19(14)16/h3-8,10,12H,9,11H2,1-2H3,(H2,21,22,23,25). The molecule has 0 saturated carbocycles. The number of urea groups is 1. The molecule has 3 aromatic rings. The minimum absolute atomic E-state index is 0.0352. The summed E-state index contributed by atoms with van der Waals surface area (Å²) in [6, 6.07) is 10.9. The van der Waals surface area contributed by atoms with E-state index in [-0.39, 0.29) is 12.5 Å². The fraction of sp³-hybridized carbons (Fsp3) is 0.250. The number of rotatable bonds is 5. The van der Waals surface area contributed by atoms with Crippen molar-refractivity contribution in [3.63, 3.8) is 0 Å². The predicted octanol–water partition coefficient (Wildman–Crippen LogP) is 2.91. The molecule has 27 heavy (non-hydrogen) atoms. The Labute approximate surface area is 155 Å². The van der Waals surface area contributed by atoms with Crippen LogP contribution in [0.5, 0.6) is 0 Å². The second-order valence-electron chi connectivity index (χ2n) is 6.43. The molecule has 7 heteroatoms. The SMILES string of the molecule is CC(C)NC(=O)NC(=O)COC(=O)Cc1coc2ccc3ccccc3c12. The van der Waals surface area contributed by atoms with Crippen molar-refractivity contribution < 1.29 is 23.5 Å². The van der Waals surface area contributed by atoms with Gasteiger partial charge in [0, 0.05) is 17.0 Å². The number of carbonyl (C=O) groups excluding carboxylic acids is 3. The molecule has 1 heterocycles. The lowest BCUT2D eigenvalue weighted by Gasteiger charge is -2.09. The summed E-state index contributed by atoms with van der Waals surface area (Å²) < 4.78 is 10.5. The molecule has 0 spiro atoms. The largest absolute Gasteiger partial charge is 0.464 e. The molecule has 0 aliphatic heterocycles. The van der Waals surface area contributed by atoms with Crippen molar-refractivity contribution in [1.29, 1.82) is 0 Å². The predicted molar refractivity (Wildman–Crippen MR) is 100 cm³/mol. The van der Waals surface area contributed by atoms with Gasteiger partial charge in [-0.3, -0.25) is 14.9 Å². The molecule has 0 radical (unpaired) electrons. The van der Waals surface area contributed by atoms with Gasteiger partial charge in [0.25, 0.3) is 5.91 Å². The molecule has 7 nitrogen and oxygen atoms in total. The molecule has 0 bridgehead atoms. The van der Waals surface area contributed by atoms with Gasteiger partial charge in [-0.1, -0.05) is 30.3 Å². The molecule has 0 aliphatic carbocycles. The Morgan fingerprint density at radius 1 is 1.11 bits per heavy atom. The highest BCUT2D eigenvalue weighted by molar-refractivity contribution is 6.08. The van der Waals surface area contributed by atoms with E-state index in [0.29, 0.717) is 11.1 Å². The minimum atomic E-state index is -0.691. The summed E-state index contributed by atoms with van der Waals surface area (Å²) in [5.74, 6) is -1.27. The molecule has 0 saturated heterocycles. The topological polar surface area (TPSA) is 97.6 Å². The highest BCUT2D eigenvalue weighted by atomic mass is 16.5. The lowest BCUT2D eigenvalue weighted by Crippen LogP contribution is -2.44. The third-order valence-electron chi connectivity index (χ3n) is 3.91. The average Bonchev–Trinajstić information content (AvgIpc) is 3.02. The van der Waals surface area contributed by atoms with Crippen molar-refractivity contribution in [2.24, 2.45) is 0 Å². The van der Waals surface area contributed by atoms with Gasteiger partial charge in [0.15, 0.2) is 6.61 Å². The zero-order valence-corrected chi connectivity index (χ0v) is 15.1. The van der Waals surface area contributed by atoms with E-state index in [0.717, 1.165) is 16.2 Å². The summed E-state index contributed by atoms with van der Waals surface area (Å²) in [6.45, 7) is 3.01. The maximum Gasteiger partial charge on any atom is 0.321 e. The average molecular weight is 368 g/mol. The Kier molecular flexibility index (Phi) is 5.40. The quantitative estimate of drug-likeness (QED) is 0.675. The van der Waals surface area contributed by atoms with Gasteiger partial charge in [-0.25, -0.2) is 4.79 Å². The van der Waals surface area contributed by atoms with Crippen LogP contribution >= 0.6 is 0 Å². The molecular formula is C20H20N2O5. The highest BCUT2D eigenvalue weighted by Crippen LogP contribution is 2.30. The van der Waals surface area contributed by atoms with E-state index in [9.17, 15) is 14.4 Å².